The average molecular weight is 846 g/mol. The Hall–Kier alpha value is -7.51. The number of aromatic nitrogens is 2. The molecular formula is C58H52BN5O. The summed E-state index contributed by atoms with van der Waals surface area (Å²) in [6.07, 6.45) is 10.8. The molecule has 6 nitrogen and oxygen atoms in total. The third kappa shape index (κ3) is 7.21. The highest BCUT2D eigenvalue weighted by Crippen LogP contribution is 2.49. The Labute approximate surface area is 382 Å². The van der Waals surface area contributed by atoms with Crippen LogP contribution in [0.1, 0.15) is 59.7 Å². The molecule has 5 heterocycles. The Morgan fingerprint density at radius 1 is 0.600 bits per heavy atom. The maximum atomic E-state index is 6.82. The number of pyridine rings is 1. The third-order valence-electron chi connectivity index (χ3n) is 13.0. The molecule has 3 aliphatic rings. The Balaban J connectivity index is 1.01. The van der Waals surface area contributed by atoms with Gasteiger partial charge in [-0.1, -0.05) is 128 Å². The van der Waals surface area contributed by atoms with Crippen LogP contribution < -0.4 is 14.5 Å². The number of fused-ring (bicyclic) bond motifs is 5. The van der Waals surface area contributed by atoms with E-state index in [4.69, 9.17) is 9.72 Å². The molecule has 11 rings (SSSR count). The van der Waals surface area contributed by atoms with Crippen molar-refractivity contribution in [1.29, 1.82) is 0 Å². The van der Waals surface area contributed by atoms with E-state index in [2.05, 4.69) is 238 Å². The van der Waals surface area contributed by atoms with Crippen LogP contribution in [0.15, 0.2) is 182 Å². The van der Waals surface area contributed by atoms with E-state index in [1.165, 1.54) is 61.1 Å². The summed E-state index contributed by atoms with van der Waals surface area (Å²) in [5.41, 5.74) is 17.9. The minimum Gasteiger partial charge on any atom is -0.457 e. The standard InChI is InChI=1S/C58H52BN5O/c1-38-27-39(2)30-42(29-38)50-36-61-26-13-12-24-59(61)56(43-31-40(3)28-41(4)32-43)57(50)63-37-62(52-19-10-11-20-53(52)63)45-15-14-16-46(34-45)65-47-21-22-49-48-17-8-9-18-51(48)64(54(49)35-47)55-33-44(23-25-60-55)58(5,6)7/h8-36H,37H2,1-7H3. The van der Waals surface area contributed by atoms with E-state index in [1.807, 2.05) is 6.20 Å². The zero-order valence-electron chi connectivity index (χ0n) is 38.2. The predicted octanol–water partition coefficient (Wildman–Crippen LogP) is 14.3. The molecule has 0 unspecified atom stereocenters. The molecule has 2 aromatic heterocycles. The molecule has 65 heavy (non-hydrogen) atoms. The first-order valence-electron chi connectivity index (χ1n) is 22.7. The first-order chi connectivity index (χ1) is 31.5. The van der Waals surface area contributed by atoms with Crippen molar-refractivity contribution in [3.8, 4) is 17.3 Å². The number of rotatable bonds is 7. The molecule has 0 N–H and O–H groups in total. The lowest BCUT2D eigenvalue weighted by molar-refractivity contribution is 0.483. The Kier molecular flexibility index (Phi) is 9.69. The van der Waals surface area contributed by atoms with Gasteiger partial charge in [-0.05, 0) is 122 Å². The molecule has 0 saturated carbocycles. The molecule has 0 bridgehead atoms. The van der Waals surface area contributed by atoms with Gasteiger partial charge in [-0.25, -0.2) is 4.98 Å². The van der Waals surface area contributed by atoms with Crippen molar-refractivity contribution in [2.45, 2.75) is 53.9 Å². The lowest BCUT2D eigenvalue weighted by Gasteiger charge is -2.39. The highest BCUT2D eigenvalue weighted by molar-refractivity contribution is 6.82. The van der Waals surface area contributed by atoms with E-state index in [-0.39, 0.29) is 12.3 Å². The highest BCUT2D eigenvalue weighted by Gasteiger charge is 2.40. The summed E-state index contributed by atoms with van der Waals surface area (Å²) in [4.78, 5) is 12.2. The molecule has 7 heteroatoms. The third-order valence-corrected chi connectivity index (χ3v) is 13.0. The number of nitrogens with zero attached hydrogens (tertiary/aromatic N) is 5. The van der Waals surface area contributed by atoms with Gasteiger partial charge in [-0.2, -0.15) is 0 Å². The van der Waals surface area contributed by atoms with Crippen molar-refractivity contribution in [2.75, 3.05) is 16.5 Å². The molecule has 0 radical (unpaired) electrons. The zero-order valence-corrected chi connectivity index (χ0v) is 38.2. The topological polar surface area (TPSA) is 36.8 Å². The number of hydrogen-bond acceptors (Lipinski definition) is 5. The van der Waals surface area contributed by atoms with Gasteiger partial charge in [-0.15, -0.1) is 0 Å². The van der Waals surface area contributed by atoms with Crippen LogP contribution in [-0.4, -0.2) is 27.9 Å². The number of benzene rings is 6. The first-order valence-corrected chi connectivity index (χ1v) is 22.7. The predicted molar refractivity (Wildman–Crippen MR) is 272 cm³/mol. The van der Waals surface area contributed by atoms with Crippen molar-refractivity contribution in [3.05, 3.63) is 221 Å². The molecule has 0 atom stereocenters. The number of ether oxygens (including phenoxy) is 1. The lowest BCUT2D eigenvalue weighted by atomic mass is 9.48. The molecule has 3 aliphatic heterocycles. The van der Waals surface area contributed by atoms with Gasteiger partial charge in [0.15, 0.2) is 0 Å². The number of anilines is 3. The molecular weight excluding hydrogens is 793 g/mol. The average Bonchev–Trinajstić information content (AvgIpc) is 3.83. The van der Waals surface area contributed by atoms with Crippen molar-refractivity contribution in [1.82, 2.24) is 14.4 Å². The molecule has 0 fully saturated rings. The highest BCUT2D eigenvalue weighted by atomic mass is 16.5. The zero-order chi connectivity index (χ0) is 44.6. The van der Waals surface area contributed by atoms with E-state index in [9.17, 15) is 0 Å². The second kappa shape index (κ2) is 15.6. The fourth-order valence-electron chi connectivity index (χ4n) is 10.2. The largest absolute Gasteiger partial charge is 0.457 e. The van der Waals surface area contributed by atoms with Gasteiger partial charge in [-0.3, -0.25) is 4.57 Å². The maximum absolute atomic E-state index is 6.82. The van der Waals surface area contributed by atoms with Crippen LogP contribution in [0.5, 0.6) is 11.5 Å². The molecule has 6 aromatic carbocycles. The second-order valence-corrected chi connectivity index (χ2v) is 18.9. The van der Waals surface area contributed by atoms with Crippen molar-refractivity contribution >= 4 is 56.8 Å². The van der Waals surface area contributed by atoms with Crippen LogP contribution in [-0.2, 0) is 5.41 Å². The fraction of sp³-hybridized carbons (Fsp3) is 0.155. The van der Waals surface area contributed by atoms with Crippen LogP contribution in [0.4, 0.5) is 17.1 Å². The molecule has 0 amide bonds. The van der Waals surface area contributed by atoms with Crippen LogP contribution in [0, 0.1) is 27.7 Å². The normalized spacial score (nSPS) is 14.7. The fourth-order valence-corrected chi connectivity index (χ4v) is 10.2. The summed E-state index contributed by atoms with van der Waals surface area (Å²) < 4.78 is 9.09. The van der Waals surface area contributed by atoms with Gasteiger partial charge < -0.3 is 19.3 Å². The van der Waals surface area contributed by atoms with E-state index in [0.717, 1.165) is 50.8 Å². The quantitative estimate of drug-likeness (QED) is 0.149. The number of para-hydroxylation sites is 3. The van der Waals surface area contributed by atoms with Crippen molar-refractivity contribution in [3.63, 3.8) is 0 Å². The number of hydrogen-bond donors (Lipinski definition) is 0. The van der Waals surface area contributed by atoms with Crippen LogP contribution in [0.2, 0.25) is 0 Å². The van der Waals surface area contributed by atoms with Gasteiger partial charge >= 0.3 is 6.85 Å². The summed E-state index contributed by atoms with van der Waals surface area (Å²) in [6, 6.07) is 50.6. The van der Waals surface area contributed by atoms with Gasteiger partial charge in [0, 0.05) is 52.3 Å². The number of allylic oxidation sites excluding steroid dienone is 3. The molecule has 8 aromatic rings. The summed E-state index contributed by atoms with van der Waals surface area (Å²) in [6.45, 7) is 16.2. The summed E-state index contributed by atoms with van der Waals surface area (Å²) in [7, 11) is 0. The Bertz CT molecular complexity index is 3310. The van der Waals surface area contributed by atoms with E-state index in [0.29, 0.717) is 6.67 Å². The van der Waals surface area contributed by atoms with Crippen molar-refractivity contribution in [2.24, 2.45) is 0 Å². The lowest BCUT2D eigenvalue weighted by Crippen LogP contribution is -2.40. The van der Waals surface area contributed by atoms with Gasteiger partial charge in [0.05, 0.1) is 22.4 Å². The number of aryl methyl sites for hydroxylation is 4. The van der Waals surface area contributed by atoms with E-state index in [1.54, 1.807) is 0 Å². The van der Waals surface area contributed by atoms with Gasteiger partial charge in [0.25, 0.3) is 0 Å². The Morgan fingerprint density at radius 3 is 2.03 bits per heavy atom. The maximum Gasteiger partial charge on any atom is 0.322 e. The second-order valence-electron chi connectivity index (χ2n) is 18.9. The Morgan fingerprint density at radius 2 is 1.28 bits per heavy atom. The minimum atomic E-state index is -0.0108. The molecule has 0 spiro atoms. The van der Waals surface area contributed by atoms with Crippen LogP contribution in [0.25, 0.3) is 38.7 Å². The summed E-state index contributed by atoms with van der Waals surface area (Å²) in [5, 5.41) is 2.34. The van der Waals surface area contributed by atoms with Crippen molar-refractivity contribution < 1.29 is 4.74 Å². The van der Waals surface area contributed by atoms with Gasteiger partial charge in [0.1, 0.15) is 24.0 Å². The minimum absolute atomic E-state index is 0.0108. The van der Waals surface area contributed by atoms with E-state index < -0.39 is 0 Å². The van der Waals surface area contributed by atoms with Gasteiger partial charge in [0.2, 0.25) is 0 Å². The molecule has 0 aliphatic carbocycles. The molecule has 0 saturated heterocycles. The monoisotopic (exact) mass is 845 g/mol. The summed E-state index contributed by atoms with van der Waals surface area (Å²) >= 11 is 0. The molecule has 318 valence electrons. The summed E-state index contributed by atoms with van der Waals surface area (Å²) in [5.74, 6) is 4.76. The first kappa shape index (κ1) is 40.3. The van der Waals surface area contributed by atoms with Crippen LogP contribution in [0.3, 0.4) is 0 Å². The van der Waals surface area contributed by atoms with E-state index >= 15 is 0 Å². The smallest absolute Gasteiger partial charge is 0.322 e. The van der Waals surface area contributed by atoms with Crippen LogP contribution >= 0.6 is 0 Å². The SMILES string of the molecule is Cc1cc(C)cc(C2=CN3C=CC=CB3C(c3cc(C)cc(C)c3)=C2N2CN(c3cccc(Oc4ccc5c6ccccc6n(-c6cc(C(C)(C)C)ccn6)c5c4)c3)c3ccccc32)c1.